The summed E-state index contributed by atoms with van der Waals surface area (Å²) >= 11 is 15.5. The summed E-state index contributed by atoms with van der Waals surface area (Å²) in [5.74, 6) is 1.16. The van der Waals surface area contributed by atoms with Crippen LogP contribution in [0, 0.1) is 0 Å². The number of imidazole rings is 1. The molecule has 0 aliphatic heterocycles. The second-order valence-electron chi connectivity index (χ2n) is 4.08. The van der Waals surface area contributed by atoms with Crippen LogP contribution in [0.1, 0.15) is 5.82 Å². The summed E-state index contributed by atoms with van der Waals surface area (Å²) in [7, 11) is 0. The van der Waals surface area contributed by atoms with Crippen LogP contribution in [0.2, 0.25) is 5.02 Å². The van der Waals surface area contributed by atoms with Crippen LogP contribution in [0.3, 0.4) is 0 Å². The van der Waals surface area contributed by atoms with Gasteiger partial charge in [0.2, 0.25) is 0 Å². The van der Waals surface area contributed by atoms with Gasteiger partial charge in [-0.05, 0) is 46.3 Å². The van der Waals surface area contributed by atoms with E-state index in [0.29, 0.717) is 10.9 Å². The smallest absolute Gasteiger partial charge is 0.129 e. The van der Waals surface area contributed by atoms with Crippen molar-refractivity contribution in [2.24, 2.45) is 0 Å². The Hall–Kier alpha value is -1.03. The predicted molar refractivity (Wildman–Crippen MR) is 83.3 cm³/mol. The molecule has 0 saturated carbocycles. The molecule has 3 aromatic rings. The van der Waals surface area contributed by atoms with Crippen molar-refractivity contribution in [1.82, 2.24) is 9.55 Å². The molecule has 0 fully saturated rings. The van der Waals surface area contributed by atoms with Crippen molar-refractivity contribution in [1.29, 1.82) is 0 Å². The molecule has 0 unspecified atom stereocenters. The SMILES string of the molecule is ClCc1nc2ccccc2n1-c1ccc(Cl)cc1Br. The van der Waals surface area contributed by atoms with Gasteiger partial charge in [0.1, 0.15) is 5.82 Å². The van der Waals surface area contributed by atoms with Gasteiger partial charge < -0.3 is 0 Å². The first-order valence-electron chi connectivity index (χ1n) is 5.68. The number of para-hydroxylation sites is 2. The van der Waals surface area contributed by atoms with E-state index in [1.165, 1.54) is 0 Å². The Morgan fingerprint density at radius 1 is 1.16 bits per heavy atom. The highest BCUT2D eigenvalue weighted by Gasteiger charge is 2.13. The van der Waals surface area contributed by atoms with Crippen molar-refractivity contribution in [3.8, 4) is 5.69 Å². The number of rotatable bonds is 2. The largest absolute Gasteiger partial charge is 0.294 e. The zero-order chi connectivity index (χ0) is 13.4. The van der Waals surface area contributed by atoms with Gasteiger partial charge in [-0.25, -0.2) is 4.98 Å². The molecule has 2 aromatic carbocycles. The van der Waals surface area contributed by atoms with Crippen molar-refractivity contribution in [2.45, 2.75) is 5.88 Å². The maximum Gasteiger partial charge on any atom is 0.129 e. The van der Waals surface area contributed by atoms with Gasteiger partial charge in [0.05, 0.1) is 22.6 Å². The summed E-state index contributed by atoms with van der Waals surface area (Å²) in [6.07, 6.45) is 0. The van der Waals surface area contributed by atoms with Gasteiger partial charge in [0, 0.05) is 9.50 Å². The van der Waals surface area contributed by atoms with Crippen molar-refractivity contribution in [2.75, 3.05) is 0 Å². The molecule has 0 N–H and O–H groups in total. The van der Waals surface area contributed by atoms with Crippen molar-refractivity contribution in [3.05, 3.63) is 57.8 Å². The molecule has 0 aliphatic carbocycles. The number of hydrogen-bond donors (Lipinski definition) is 0. The lowest BCUT2D eigenvalue weighted by atomic mass is 10.3. The third-order valence-corrected chi connectivity index (χ3v) is 4.01. The van der Waals surface area contributed by atoms with E-state index in [1.54, 1.807) is 0 Å². The number of halogens is 3. The third-order valence-electron chi connectivity index (χ3n) is 2.90. The Balaban J connectivity index is 2.34. The van der Waals surface area contributed by atoms with E-state index in [2.05, 4.69) is 20.9 Å². The minimum atomic E-state index is 0.351. The molecular weight excluding hydrogens is 347 g/mol. The van der Waals surface area contributed by atoms with Gasteiger partial charge in [0.15, 0.2) is 0 Å². The Morgan fingerprint density at radius 3 is 2.68 bits per heavy atom. The number of aromatic nitrogens is 2. The van der Waals surface area contributed by atoms with E-state index in [0.717, 1.165) is 27.0 Å². The summed E-state index contributed by atoms with van der Waals surface area (Å²) in [6, 6.07) is 13.6. The number of fused-ring (bicyclic) bond motifs is 1. The van der Waals surface area contributed by atoms with Crippen LogP contribution in [0.15, 0.2) is 46.9 Å². The first kappa shape index (κ1) is 13.0. The van der Waals surface area contributed by atoms with E-state index in [1.807, 2.05) is 47.0 Å². The fourth-order valence-corrected chi connectivity index (χ4v) is 3.14. The first-order chi connectivity index (χ1) is 9.20. The average Bonchev–Trinajstić information content (AvgIpc) is 2.77. The van der Waals surface area contributed by atoms with Gasteiger partial charge >= 0.3 is 0 Å². The number of hydrogen-bond acceptors (Lipinski definition) is 1. The van der Waals surface area contributed by atoms with Gasteiger partial charge in [-0.1, -0.05) is 23.7 Å². The summed E-state index contributed by atoms with van der Waals surface area (Å²) in [5.41, 5.74) is 2.94. The van der Waals surface area contributed by atoms with Crippen LogP contribution in [0.25, 0.3) is 16.7 Å². The molecule has 1 heterocycles. The molecule has 19 heavy (non-hydrogen) atoms. The summed E-state index contributed by atoms with van der Waals surface area (Å²) < 4.78 is 2.96. The Kier molecular flexibility index (Phi) is 3.52. The molecule has 3 rings (SSSR count). The maximum atomic E-state index is 6.01. The minimum Gasteiger partial charge on any atom is -0.294 e. The van der Waals surface area contributed by atoms with Gasteiger partial charge in [-0.15, -0.1) is 11.6 Å². The highest BCUT2D eigenvalue weighted by atomic mass is 79.9. The van der Waals surface area contributed by atoms with Gasteiger partial charge in [-0.3, -0.25) is 4.57 Å². The Bertz CT molecular complexity index is 752. The van der Waals surface area contributed by atoms with Crippen LogP contribution < -0.4 is 0 Å². The van der Waals surface area contributed by atoms with Gasteiger partial charge in [-0.2, -0.15) is 0 Å². The van der Waals surface area contributed by atoms with E-state index in [4.69, 9.17) is 23.2 Å². The summed E-state index contributed by atoms with van der Waals surface area (Å²) in [4.78, 5) is 4.55. The molecule has 0 atom stereocenters. The molecule has 96 valence electrons. The molecule has 0 aliphatic rings. The normalized spacial score (nSPS) is 11.1. The topological polar surface area (TPSA) is 17.8 Å². The monoisotopic (exact) mass is 354 g/mol. The second-order valence-corrected chi connectivity index (χ2v) is 5.64. The van der Waals surface area contributed by atoms with Crippen LogP contribution in [0.4, 0.5) is 0 Å². The number of benzene rings is 2. The average molecular weight is 356 g/mol. The first-order valence-corrected chi connectivity index (χ1v) is 7.39. The van der Waals surface area contributed by atoms with Crippen molar-refractivity contribution in [3.63, 3.8) is 0 Å². The Labute approximate surface area is 129 Å². The fraction of sp³-hybridized carbons (Fsp3) is 0.0714. The Morgan fingerprint density at radius 2 is 1.95 bits per heavy atom. The third kappa shape index (κ3) is 2.27. The molecule has 2 nitrogen and oxygen atoms in total. The van der Waals surface area contributed by atoms with Crippen LogP contribution in [-0.2, 0) is 5.88 Å². The quantitative estimate of drug-likeness (QED) is 0.579. The maximum absolute atomic E-state index is 6.01. The predicted octanol–water partition coefficient (Wildman–Crippen LogP) is 5.18. The molecule has 0 radical (unpaired) electrons. The molecule has 0 spiro atoms. The van der Waals surface area contributed by atoms with Crippen molar-refractivity contribution >= 4 is 50.2 Å². The van der Waals surface area contributed by atoms with E-state index in [-0.39, 0.29) is 0 Å². The standard InChI is InChI=1S/C14H9BrCl2N2/c15-10-7-9(17)5-6-12(10)19-13-4-2-1-3-11(13)18-14(19)8-16/h1-7H,8H2. The lowest BCUT2D eigenvalue weighted by Crippen LogP contribution is -2.00. The minimum absolute atomic E-state index is 0.351. The highest BCUT2D eigenvalue weighted by molar-refractivity contribution is 9.10. The molecular formula is C14H9BrCl2N2. The van der Waals surface area contributed by atoms with Crippen molar-refractivity contribution < 1.29 is 0 Å². The number of nitrogens with zero attached hydrogens (tertiary/aromatic N) is 2. The fourth-order valence-electron chi connectivity index (χ4n) is 2.10. The summed E-state index contributed by atoms with van der Waals surface area (Å²) in [6.45, 7) is 0. The van der Waals surface area contributed by atoms with Crippen LogP contribution >= 0.6 is 39.1 Å². The zero-order valence-corrected chi connectivity index (χ0v) is 12.9. The molecule has 0 saturated heterocycles. The van der Waals surface area contributed by atoms with E-state index >= 15 is 0 Å². The lowest BCUT2D eigenvalue weighted by molar-refractivity contribution is 0.977. The molecule has 0 amide bonds. The molecule has 0 bridgehead atoms. The number of alkyl halides is 1. The van der Waals surface area contributed by atoms with E-state index in [9.17, 15) is 0 Å². The molecule has 1 aromatic heterocycles. The lowest BCUT2D eigenvalue weighted by Gasteiger charge is -2.10. The van der Waals surface area contributed by atoms with Crippen LogP contribution in [-0.4, -0.2) is 9.55 Å². The van der Waals surface area contributed by atoms with E-state index < -0.39 is 0 Å². The highest BCUT2D eigenvalue weighted by Crippen LogP contribution is 2.29. The second kappa shape index (κ2) is 5.16. The van der Waals surface area contributed by atoms with Crippen LogP contribution in [0.5, 0.6) is 0 Å². The summed E-state index contributed by atoms with van der Waals surface area (Å²) in [5, 5.41) is 0.687. The molecule has 5 heteroatoms. The van der Waals surface area contributed by atoms with Gasteiger partial charge in [0.25, 0.3) is 0 Å². The zero-order valence-electron chi connectivity index (χ0n) is 9.78.